The highest BCUT2D eigenvalue weighted by Crippen LogP contribution is 2.15. The normalized spacial score (nSPS) is 14.5. The summed E-state index contributed by atoms with van der Waals surface area (Å²) in [5.74, 6) is 5.32. The van der Waals surface area contributed by atoms with Crippen molar-refractivity contribution in [2.75, 3.05) is 37.7 Å². The van der Waals surface area contributed by atoms with Crippen molar-refractivity contribution < 1.29 is 9.53 Å². The van der Waals surface area contributed by atoms with E-state index < -0.39 is 0 Å². The number of nitrogens with zero attached hydrogens (tertiary/aromatic N) is 2. The van der Waals surface area contributed by atoms with Crippen LogP contribution in [0, 0.1) is 11.8 Å². The third kappa shape index (κ3) is 3.70. The Morgan fingerprint density at radius 3 is 3.05 bits per heavy atom. The Hall–Kier alpha value is -2.06. The zero-order chi connectivity index (χ0) is 13.5. The molecule has 1 amide bonds. The summed E-state index contributed by atoms with van der Waals surface area (Å²) in [6, 6.07) is 3.72. The van der Waals surface area contributed by atoms with Gasteiger partial charge in [0.05, 0.1) is 19.8 Å². The Labute approximate surface area is 113 Å². The van der Waals surface area contributed by atoms with E-state index in [-0.39, 0.29) is 5.91 Å². The summed E-state index contributed by atoms with van der Waals surface area (Å²) in [5.41, 5.74) is 1.42. The fourth-order valence-corrected chi connectivity index (χ4v) is 1.87. The van der Waals surface area contributed by atoms with Crippen molar-refractivity contribution in [1.29, 1.82) is 0 Å². The molecule has 0 saturated carbocycles. The molecule has 0 bridgehead atoms. The van der Waals surface area contributed by atoms with Gasteiger partial charge in [0.15, 0.2) is 0 Å². The number of hydrogen-bond donors (Lipinski definition) is 1. The van der Waals surface area contributed by atoms with Gasteiger partial charge >= 0.3 is 0 Å². The smallest absolute Gasteiger partial charge is 0.270 e. The average molecular weight is 259 g/mol. The maximum absolute atomic E-state index is 11.9. The minimum atomic E-state index is -0.196. The van der Waals surface area contributed by atoms with E-state index in [2.05, 4.69) is 27.0 Å². The van der Waals surface area contributed by atoms with Gasteiger partial charge in [-0.2, -0.15) is 0 Å². The van der Waals surface area contributed by atoms with Gasteiger partial charge in [-0.3, -0.25) is 9.78 Å². The first-order chi connectivity index (χ1) is 9.31. The van der Waals surface area contributed by atoms with E-state index in [9.17, 15) is 4.79 Å². The zero-order valence-corrected chi connectivity index (χ0v) is 11.0. The van der Waals surface area contributed by atoms with E-state index >= 15 is 0 Å². The van der Waals surface area contributed by atoms with Crippen LogP contribution in [-0.2, 0) is 4.74 Å². The van der Waals surface area contributed by atoms with Crippen LogP contribution < -0.4 is 10.2 Å². The number of aromatic nitrogens is 1. The summed E-state index contributed by atoms with van der Waals surface area (Å²) in [6.45, 7) is 5.20. The Bertz CT molecular complexity index is 499. The van der Waals surface area contributed by atoms with Gasteiger partial charge in [0.25, 0.3) is 5.91 Å². The number of morpholine rings is 1. The summed E-state index contributed by atoms with van der Waals surface area (Å²) < 4.78 is 5.31. The predicted molar refractivity (Wildman–Crippen MR) is 73.1 cm³/mol. The van der Waals surface area contributed by atoms with Gasteiger partial charge in [-0.25, -0.2) is 0 Å². The lowest BCUT2D eigenvalue weighted by atomic mass is 10.2. The lowest BCUT2D eigenvalue weighted by molar-refractivity contribution is 0.0953. The summed E-state index contributed by atoms with van der Waals surface area (Å²) >= 11 is 0. The second kappa shape index (κ2) is 6.76. The van der Waals surface area contributed by atoms with Gasteiger partial charge in [0.1, 0.15) is 5.69 Å². The fraction of sp³-hybridized carbons (Fsp3) is 0.429. The Morgan fingerprint density at radius 2 is 2.32 bits per heavy atom. The highest BCUT2D eigenvalue weighted by atomic mass is 16.5. The van der Waals surface area contributed by atoms with Crippen LogP contribution in [0.1, 0.15) is 17.4 Å². The maximum atomic E-state index is 11.9. The van der Waals surface area contributed by atoms with E-state index in [1.807, 2.05) is 6.07 Å². The van der Waals surface area contributed by atoms with Gasteiger partial charge in [-0.1, -0.05) is 5.92 Å². The number of pyridine rings is 1. The molecule has 2 rings (SSSR count). The van der Waals surface area contributed by atoms with Crippen molar-refractivity contribution in [1.82, 2.24) is 10.3 Å². The van der Waals surface area contributed by atoms with Gasteiger partial charge in [0, 0.05) is 25.0 Å². The van der Waals surface area contributed by atoms with E-state index in [4.69, 9.17) is 4.74 Å². The molecule has 2 heterocycles. The molecule has 1 aliphatic heterocycles. The van der Waals surface area contributed by atoms with E-state index in [1.165, 1.54) is 0 Å². The van der Waals surface area contributed by atoms with Crippen LogP contribution >= 0.6 is 0 Å². The lowest BCUT2D eigenvalue weighted by Gasteiger charge is -2.28. The molecule has 0 spiro atoms. The number of anilines is 1. The number of hydrogen-bond acceptors (Lipinski definition) is 4. The number of carbonyl (C=O) groups excluding carboxylic acids is 1. The number of rotatable bonds is 3. The van der Waals surface area contributed by atoms with Gasteiger partial charge < -0.3 is 15.0 Å². The minimum absolute atomic E-state index is 0.196. The molecule has 1 saturated heterocycles. The van der Waals surface area contributed by atoms with Crippen LogP contribution in [0.15, 0.2) is 18.3 Å². The molecule has 0 unspecified atom stereocenters. The highest BCUT2D eigenvalue weighted by Gasteiger charge is 2.13. The lowest BCUT2D eigenvalue weighted by Crippen LogP contribution is -2.36. The summed E-state index contributed by atoms with van der Waals surface area (Å²) in [6.07, 6.45) is 1.66. The Morgan fingerprint density at radius 1 is 1.53 bits per heavy atom. The number of ether oxygens (including phenoxy) is 1. The van der Waals surface area contributed by atoms with Crippen molar-refractivity contribution in [2.24, 2.45) is 0 Å². The second-order valence-corrected chi connectivity index (χ2v) is 4.11. The van der Waals surface area contributed by atoms with Crippen LogP contribution in [0.2, 0.25) is 0 Å². The number of nitrogens with one attached hydrogen (secondary N) is 1. The Kier molecular flexibility index (Phi) is 4.76. The summed E-state index contributed by atoms with van der Waals surface area (Å²) in [5, 5.41) is 2.71. The molecule has 0 aromatic carbocycles. The predicted octanol–water partition coefficient (Wildman–Crippen LogP) is 0.671. The van der Waals surface area contributed by atoms with Gasteiger partial charge in [0.2, 0.25) is 0 Å². The monoisotopic (exact) mass is 259 g/mol. The largest absolute Gasteiger partial charge is 0.378 e. The maximum Gasteiger partial charge on any atom is 0.270 e. The van der Waals surface area contributed by atoms with Gasteiger partial charge in [-0.05, 0) is 19.1 Å². The highest BCUT2D eigenvalue weighted by molar-refractivity contribution is 5.93. The van der Waals surface area contributed by atoms with Crippen LogP contribution in [-0.4, -0.2) is 43.7 Å². The molecule has 100 valence electrons. The van der Waals surface area contributed by atoms with E-state index in [1.54, 1.807) is 19.2 Å². The van der Waals surface area contributed by atoms with E-state index in [0.717, 1.165) is 32.0 Å². The molecule has 0 aliphatic carbocycles. The van der Waals surface area contributed by atoms with Crippen LogP contribution in [0.4, 0.5) is 5.69 Å². The third-order valence-corrected chi connectivity index (χ3v) is 2.87. The van der Waals surface area contributed by atoms with Crippen molar-refractivity contribution in [3.05, 3.63) is 24.0 Å². The zero-order valence-electron chi connectivity index (χ0n) is 11.0. The van der Waals surface area contributed by atoms with Crippen LogP contribution in [0.25, 0.3) is 0 Å². The van der Waals surface area contributed by atoms with Crippen molar-refractivity contribution in [2.45, 2.75) is 6.92 Å². The molecule has 19 heavy (non-hydrogen) atoms. The second-order valence-electron chi connectivity index (χ2n) is 4.11. The Balaban J connectivity index is 2.04. The molecule has 1 aromatic heterocycles. The number of carbonyl (C=O) groups is 1. The first-order valence-electron chi connectivity index (χ1n) is 6.28. The first-order valence-corrected chi connectivity index (χ1v) is 6.28. The fourth-order valence-electron chi connectivity index (χ4n) is 1.87. The number of amides is 1. The first kappa shape index (κ1) is 13.4. The molecule has 1 fully saturated rings. The molecule has 1 N–H and O–H groups in total. The van der Waals surface area contributed by atoms with Crippen molar-refractivity contribution in [3.63, 3.8) is 0 Å². The summed E-state index contributed by atoms with van der Waals surface area (Å²) in [4.78, 5) is 18.2. The van der Waals surface area contributed by atoms with Crippen molar-refractivity contribution >= 4 is 11.6 Å². The molecule has 0 atom stereocenters. The minimum Gasteiger partial charge on any atom is -0.378 e. The standard InChI is InChI=1S/C14H17N3O2/c1-2-3-5-16-14(18)13-11-12(4-6-15-13)17-7-9-19-10-8-17/h4,6,11H,5,7-10H2,1H3,(H,16,18). The molecule has 1 aliphatic rings. The third-order valence-electron chi connectivity index (χ3n) is 2.87. The molecular weight excluding hydrogens is 242 g/mol. The van der Waals surface area contributed by atoms with Crippen molar-refractivity contribution in [3.8, 4) is 11.8 Å². The van der Waals surface area contributed by atoms with Gasteiger partial charge in [-0.15, -0.1) is 5.92 Å². The van der Waals surface area contributed by atoms with Crippen LogP contribution in [0.5, 0.6) is 0 Å². The van der Waals surface area contributed by atoms with E-state index in [0.29, 0.717) is 12.2 Å². The molecule has 0 radical (unpaired) electrons. The topological polar surface area (TPSA) is 54.5 Å². The average Bonchev–Trinajstić information content (AvgIpc) is 2.48. The quantitative estimate of drug-likeness (QED) is 0.811. The summed E-state index contributed by atoms with van der Waals surface area (Å²) in [7, 11) is 0. The molecular formula is C14H17N3O2. The molecule has 1 aromatic rings. The van der Waals surface area contributed by atoms with Crippen LogP contribution in [0.3, 0.4) is 0 Å². The SMILES string of the molecule is CC#CCNC(=O)c1cc(N2CCOCC2)ccn1. The molecule has 5 heteroatoms. The molecule has 5 nitrogen and oxygen atoms in total.